The van der Waals surface area contributed by atoms with Gasteiger partial charge in [-0.1, -0.05) is 6.07 Å². The van der Waals surface area contributed by atoms with Crippen molar-refractivity contribution < 1.29 is 27.5 Å². The zero-order chi connectivity index (χ0) is 20.7. The van der Waals surface area contributed by atoms with E-state index in [0.29, 0.717) is 18.0 Å². The number of amides is 1. The fourth-order valence-electron chi connectivity index (χ4n) is 2.34. The van der Waals surface area contributed by atoms with Crippen LogP contribution < -0.4 is 14.4 Å². The monoisotopic (exact) mass is 406 g/mol. The molecule has 1 amide bonds. The molecule has 0 heterocycles. The SMILES string of the molecule is CCNC(=O)COC(=O)c1cccc(S(=O)(=O)N(C)c2ccc(OC)cc2)c1. The maximum absolute atomic E-state index is 12.9. The minimum Gasteiger partial charge on any atom is -0.497 e. The number of anilines is 1. The lowest BCUT2D eigenvalue weighted by atomic mass is 10.2. The summed E-state index contributed by atoms with van der Waals surface area (Å²) in [4.78, 5) is 23.4. The molecule has 28 heavy (non-hydrogen) atoms. The van der Waals surface area contributed by atoms with Crippen LogP contribution in [0.15, 0.2) is 53.4 Å². The van der Waals surface area contributed by atoms with Gasteiger partial charge in [-0.05, 0) is 49.4 Å². The number of esters is 1. The summed E-state index contributed by atoms with van der Waals surface area (Å²) in [5.41, 5.74) is 0.471. The zero-order valence-electron chi connectivity index (χ0n) is 15.8. The first kappa shape index (κ1) is 21.2. The highest BCUT2D eigenvalue weighted by Gasteiger charge is 2.23. The third kappa shape index (κ3) is 5.01. The first-order valence-electron chi connectivity index (χ1n) is 8.46. The molecule has 0 aliphatic carbocycles. The van der Waals surface area contributed by atoms with E-state index in [1.165, 1.54) is 38.4 Å². The molecule has 0 saturated carbocycles. The zero-order valence-corrected chi connectivity index (χ0v) is 16.7. The number of hydrogen-bond acceptors (Lipinski definition) is 6. The topological polar surface area (TPSA) is 102 Å². The van der Waals surface area contributed by atoms with Crippen molar-refractivity contribution in [3.05, 3.63) is 54.1 Å². The Hall–Kier alpha value is -3.07. The van der Waals surface area contributed by atoms with Crippen LogP contribution in [0.1, 0.15) is 17.3 Å². The number of carbonyl (C=O) groups excluding carboxylic acids is 2. The number of nitrogens with one attached hydrogen (secondary N) is 1. The van der Waals surface area contributed by atoms with Crippen molar-refractivity contribution >= 4 is 27.6 Å². The summed E-state index contributed by atoms with van der Waals surface area (Å²) in [5, 5.41) is 2.50. The van der Waals surface area contributed by atoms with Crippen LogP contribution in [0.2, 0.25) is 0 Å². The van der Waals surface area contributed by atoms with Gasteiger partial charge >= 0.3 is 5.97 Å². The highest BCUT2D eigenvalue weighted by atomic mass is 32.2. The molecule has 0 aliphatic heterocycles. The number of methoxy groups -OCH3 is 1. The van der Waals surface area contributed by atoms with Crippen LogP contribution in [0.4, 0.5) is 5.69 Å². The third-order valence-corrected chi connectivity index (χ3v) is 5.65. The van der Waals surface area contributed by atoms with Crippen molar-refractivity contribution in [2.24, 2.45) is 0 Å². The van der Waals surface area contributed by atoms with Gasteiger partial charge in [0.2, 0.25) is 0 Å². The maximum Gasteiger partial charge on any atom is 0.338 e. The van der Waals surface area contributed by atoms with E-state index in [1.807, 2.05) is 0 Å². The maximum atomic E-state index is 12.9. The number of carbonyl (C=O) groups is 2. The highest BCUT2D eigenvalue weighted by Crippen LogP contribution is 2.24. The predicted molar refractivity (Wildman–Crippen MR) is 104 cm³/mol. The average molecular weight is 406 g/mol. The van der Waals surface area contributed by atoms with Gasteiger partial charge < -0.3 is 14.8 Å². The summed E-state index contributed by atoms with van der Waals surface area (Å²) in [6.45, 7) is 1.73. The Bertz CT molecular complexity index is 941. The molecule has 2 aromatic carbocycles. The molecule has 0 bridgehead atoms. The second-order valence-electron chi connectivity index (χ2n) is 5.73. The Morgan fingerprint density at radius 2 is 1.79 bits per heavy atom. The number of ether oxygens (including phenoxy) is 2. The molecular formula is C19H22N2O6S. The molecule has 0 atom stereocenters. The van der Waals surface area contributed by atoms with Crippen molar-refractivity contribution in [2.75, 3.05) is 31.6 Å². The predicted octanol–water partition coefficient (Wildman–Crippen LogP) is 1.81. The molecule has 0 unspecified atom stereocenters. The Kier molecular flexibility index (Phi) is 7.00. The Morgan fingerprint density at radius 3 is 2.39 bits per heavy atom. The van der Waals surface area contributed by atoms with E-state index >= 15 is 0 Å². The molecule has 2 aromatic rings. The number of nitrogens with zero attached hydrogens (tertiary/aromatic N) is 1. The van der Waals surface area contributed by atoms with Gasteiger partial charge in [0.1, 0.15) is 5.75 Å². The van der Waals surface area contributed by atoms with E-state index in [-0.39, 0.29) is 10.5 Å². The number of benzene rings is 2. The van der Waals surface area contributed by atoms with E-state index < -0.39 is 28.5 Å². The van der Waals surface area contributed by atoms with Crippen LogP contribution in [-0.4, -0.2) is 47.6 Å². The molecular weight excluding hydrogens is 384 g/mol. The second kappa shape index (κ2) is 9.23. The number of likely N-dealkylation sites (N-methyl/N-ethyl adjacent to an activating group) is 1. The molecule has 2 rings (SSSR count). The molecule has 0 spiro atoms. The largest absolute Gasteiger partial charge is 0.497 e. The van der Waals surface area contributed by atoms with Gasteiger partial charge in [-0.15, -0.1) is 0 Å². The molecule has 8 nitrogen and oxygen atoms in total. The van der Waals surface area contributed by atoms with Gasteiger partial charge in [0.15, 0.2) is 6.61 Å². The van der Waals surface area contributed by atoms with Crippen LogP contribution in [0.3, 0.4) is 0 Å². The summed E-state index contributed by atoms with van der Waals surface area (Å²) in [5.74, 6) is -0.610. The van der Waals surface area contributed by atoms with Crippen LogP contribution in [0.25, 0.3) is 0 Å². The number of hydrogen-bond donors (Lipinski definition) is 1. The van der Waals surface area contributed by atoms with Crippen molar-refractivity contribution in [2.45, 2.75) is 11.8 Å². The summed E-state index contributed by atoms with van der Waals surface area (Å²) in [6, 6.07) is 12.0. The minimum absolute atomic E-state index is 0.0357. The van der Waals surface area contributed by atoms with Crippen molar-refractivity contribution in [3.63, 3.8) is 0 Å². The summed E-state index contributed by atoms with van der Waals surface area (Å²) in [6.07, 6.45) is 0. The number of rotatable bonds is 8. The van der Waals surface area contributed by atoms with Gasteiger partial charge in [0.05, 0.1) is 23.3 Å². The molecule has 9 heteroatoms. The smallest absolute Gasteiger partial charge is 0.338 e. The quantitative estimate of drug-likeness (QED) is 0.671. The minimum atomic E-state index is -3.90. The molecule has 0 radical (unpaired) electrons. The van der Waals surface area contributed by atoms with Gasteiger partial charge in [0, 0.05) is 13.6 Å². The fourth-order valence-corrected chi connectivity index (χ4v) is 3.58. The van der Waals surface area contributed by atoms with Crippen molar-refractivity contribution in [3.8, 4) is 5.75 Å². The number of sulfonamides is 1. The molecule has 0 aliphatic rings. The Morgan fingerprint density at radius 1 is 1.11 bits per heavy atom. The lowest BCUT2D eigenvalue weighted by Gasteiger charge is -2.20. The van der Waals surface area contributed by atoms with Gasteiger partial charge in [-0.25, -0.2) is 13.2 Å². The second-order valence-corrected chi connectivity index (χ2v) is 7.70. The lowest BCUT2D eigenvalue weighted by Crippen LogP contribution is -2.28. The van der Waals surface area contributed by atoms with Crippen LogP contribution in [0.5, 0.6) is 5.75 Å². The normalized spacial score (nSPS) is 10.8. The van der Waals surface area contributed by atoms with E-state index in [0.717, 1.165) is 4.31 Å². The Labute approximate surface area is 164 Å². The van der Waals surface area contributed by atoms with Gasteiger partial charge in [-0.2, -0.15) is 0 Å². The molecule has 150 valence electrons. The van der Waals surface area contributed by atoms with E-state index in [4.69, 9.17) is 9.47 Å². The molecule has 0 fully saturated rings. The first-order valence-corrected chi connectivity index (χ1v) is 9.90. The first-order chi connectivity index (χ1) is 13.3. The van der Waals surface area contributed by atoms with E-state index in [9.17, 15) is 18.0 Å². The Balaban J connectivity index is 2.20. The van der Waals surface area contributed by atoms with Crippen molar-refractivity contribution in [1.82, 2.24) is 5.32 Å². The standard InChI is InChI=1S/C19H22N2O6S/c1-4-20-18(22)13-27-19(23)14-6-5-7-17(12-14)28(24,25)21(2)15-8-10-16(26-3)11-9-15/h5-12H,4,13H2,1-3H3,(H,20,22). The van der Waals surface area contributed by atoms with Crippen LogP contribution in [-0.2, 0) is 19.6 Å². The highest BCUT2D eigenvalue weighted by molar-refractivity contribution is 7.92. The summed E-state index contributed by atoms with van der Waals surface area (Å²) in [7, 11) is -0.968. The fraction of sp³-hybridized carbons (Fsp3) is 0.263. The third-order valence-electron chi connectivity index (χ3n) is 3.87. The van der Waals surface area contributed by atoms with Gasteiger partial charge in [-0.3, -0.25) is 9.10 Å². The lowest BCUT2D eigenvalue weighted by molar-refractivity contribution is -0.124. The summed E-state index contributed by atoms with van der Waals surface area (Å²) < 4.78 is 36.9. The van der Waals surface area contributed by atoms with Crippen LogP contribution >= 0.6 is 0 Å². The summed E-state index contributed by atoms with van der Waals surface area (Å²) >= 11 is 0. The molecule has 0 aromatic heterocycles. The average Bonchev–Trinajstić information content (AvgIpc) is 2.71. The van der Waals surface area contributed by atoms with E-state index in [1.54, 1.807) is 31.2 Å². The van der Waals surface area contributed by atoms with Crippen molar-refractivity contribution in [1.29, 1.82) is 0 Å². The molecule has 1 N–H and O–H groups in total. The van der Waals surface area contributed by atoms with E-state index in [2.05, 4.69) is 5.32 Å². The molecule has 0 saturated heterocycles. The van der Waals surface area contributed by atoms with Gasteiger partial charge in [0.25, 0.3) is 15.9 Å². The van der Waals surface area contributed by atoms with Crippen LogP contribution in [0, 0.1) is 0 Å².